The number of nitrogens with zero attached hydrogens (tertiary/aromatic N) is 1. The predicted molar refractivity (Wildman–Crippen MR) is 67.5 cm³/mol. The van der Waals surface area contributed by atoms with Crippen LogP contribution in [0.15, 0.2) is 41.1 Å². The van der Waals surface area contributed by atoms with Gasteiger partial charge in [0.2, 0.25) is 0 Å². The summed E-state index contributed by atoms with van der Waals surface area (Å²) in [6.07, 6.45) is 3.37. The van der Waals surface area contributed by atoms with Gasteiger partial charge in [0.1, 0.15) is 5.76 Å². The van der Waals surface area contributed by atoms with Gasteiger partial charge in [-0.3, -0.25) is 4.79 Å². The first-order valence-electron chi connectivity index (χ1n) is 5.53. The normalized spacial score (nSPS) is 10.7. The monoisotopic (exact) mass is 241 g/mol. The highest BCUT2D eigenvalue weighted by Gasteiger charge is 2.12. The van der Waals surface area contributed by atoms with Crippen molar-refractivity contribution in [1.82, 2.24) is 9.97 Å². The van der Waals surface area contributed by atoms with Crippen LogP contribution in [0.3, 0.4) is 0 Å². The van der Waals surface area contributed by atoms with Crippen LogP contribution in [0.2, 0.25) is 0 Å². The quantitative estimate of drug-likeness (QED) is 0.724. The third-order valence-corrected chi connectivity index (χ3v) is 2.63. The molecule has 5 nitrogen and oxygen atoms in total. The molecular formula is C13H11N3O2. The highest BCUT2D eigenvalue weighted by atomic mass is 16.4. The van der Waals surface area contributed by atoms with Crippen molar-refractivity contribution in [3.05, 3.63) is 48.3 Å². The summed E-state index contributed by atoms with van der Waals surface area (Å²) in [7, 11) is 0. The van der Waals surface area contributed by atoms with Gasteiger partial charge < -0.3 is 14.7 Å². The summed E-state index contributed by atoms with van der Waals surface area (Å²) in [6.45, 7) is 1.75. The van der Waals surface area contributed by atoms with Crippen LogP contribution >= 0.6 is 0 Å². The molecule has 0 saturated heterocycles. The first-order valence-corrected chi connectivity index (χ1v) is 5.53. The van der Waals surface area contributed by atoms with Gasteiger partial charge in [-0.05, 0) is 31.2 Å². The van der Waals surface area contributed by atoms with Gasteiger partial charge in [0.25, 0.3) is 5.89 Å². The Hall–Kier alpha value is -2.56. The lowest BCUT2D eigenvalue weighted by molar-refractivity contribution is 0.0989. The smallest absolute Gasteiger partial charge is 0.311 e. The molecule has 0 atom stereocenters. The molecule has 1 aromatic carbocycles. The molecular weight excluding hydrogens is 230 g/mol. The molecule has 0 spiro atoms. The van der Waals surface area contributed by atoms with E-state index in [9.17, 15) is 4.79 Å². The Morgan fingerprint density at radius 2 is 2.28 bits per heavy atom. The number of aromatic amines is 1. The second kappa shape index (κ2) is 4.03. The van der Waals surface area contributed by atoms with E-state index in [4.69, 9.17) is 4.42 Å². The SMILES string of the molecule is Cc1cnc(C(=O)Nc2ccc3[nH]ccc3c2)o1. The molecule has 3 rings (SSSR count). The number of hydrogen-bond acceptors (Lipinski definition) is 3. The van der Waals surface area contributed by atoms with Crippen LogP contribution in [-0.4, -0.2) is 15.9 Å². The third kappa shape index (κ3) is 1.86. The number of amides is 1. The zero-order valence-electron chi connectivity index (χ0n) is 9.73. The molecule has 0 aliphatic rings. The zero-order valence-corrected chi connectivity index (χ0v) is 9.73. The first-order chi connectivity index (χ1) is 8.72. The van der Waals surface area contributed by atoms with E-state index in [-0.39, 0.29) is 11.8 Å². The molecule has 2 heterocycles. The second-order valence-electron chi connectivity index (χ2n) is 4.01. The molecule has 2 N–H and O–H groups in total. The summed E-state index contributed by atoms with van der Waals surface area (Å²) in [6, 6.07) is 7.57. The minimum Gasteiger partial charge on any atom is -0.438 e. The molecule has 0 radical (unpaired) electrons. The molecule has 90 valence electrons. The summed E-state index contributed by atoms with van der Waals surface area (Å²) in [4.78, 5) is 18.8. The number of oxazole rings is 1. The first kappa shape index (κ1) is 10.6. The molecule has 0 fully saturated rings. The van der Waals surface area contributed by atoms with E-state index in [1.165, 1.54) is 6.20 Å². The topological polar surface area (TPSA) is 70.9 Å². The summed E-state index contributed by atoms with van der Waals surface area (Å²) in [5, 5.41) is 3.78. The summed E-state index contributed by atoms with van der Waals surface area (Å²) < 4.78 is 5.16. The summed E-state index contributed by atoms with van der Waals surface area (Å²) in [5.41, 5.74) is 1.74. The summed E-state index contributed by atoms with van der Waals surface area (Å²) >= 11 is 0. The average molecular weight is 241 g/mol. The van der Waals surface area contributed by atoms with Gasteiger partial charge in [-0.1, -0.05) is 0 Å². The fourth-order valence-electron chi connectivity index (χ4n) is 1.78. The van der Waals surface area contributed by atoms with Crippen LogP contribution in [0.1, 0.15) is 16.4 Å². The molecule has 18 heavy (non-hydrogen) atoms. The molecule has 0 unspecified atom stereocenters. The molecule has 3 aromatic rings. The Morgan fingerprint density at radius 1 is 1.39 bits per heavy atom. The van der Waals surface area contributed by atoms with Crippen LogP contribution in [0, 0.1) is 6.92 Å². The van der Waals surface area contributed by atoms with Crippen LogP contribution in [0.25, 0.3) is 10.9 Å². The van der Waals surface area contributed by atoms with Crippen molar-refractivity contribution in [2.75, 3.05) is 5.32 Å². The third-order valence-electron chi connectivity index (χ3n) is 2.63. The fraction of sp³-hybridized carbons (Fsp3) is 0.0769. The minimum atomic E-state index is -0.349. The van der Waals surface area contributed by atoms with E-state index in [1.54, 1.807) is 6.92 Å². The largest absolute Gasteiger partial charge is 0.438 e. The van der Waals surface area contributed by atoms with Crippen LogP contribution in [-0.2, 0) is 0 Å². The number of benzene rings is 1. The average Bonchev–Trinajstić information content (AvgIpc) is 2.96. The fourth-order valence-corrected chi connectivity index (χ4v) is 1.78. The maximum atomic E-state index is 11.8. The van der Waals surface area contributed by atoms with Gasteiger partial charge in [-0.2, -0.15) is 0 Å². The van der Waals surface area contributed by atoms with Crippen molar-refractivity contribution in [3.8, 4) is 0 Å². The number of hydrogen-bond donors (Lipinski definition) is 2. The van der Waals surface area contributed by atoms with E-state index in [2.05, 4.69) is 15.3 Å². The summed E-state index contributed by atoms with van der Waals surface area (Å²) in [5.74, 6) is 0.334. The Balaban J connectivity index is 1.85. The lowest BCUT2D eigenvalue weighted by Gasteiger charge is -2.02. The van der Waals surface area contributed by atoms with Crippen LogP contribution in [0.4, 0.5) is 5.69 Å². The Kier molecular flexibility index (Phi) is 2.37. The number of aryl methyl sites for hydroxylation is 1. The number of fused-ring (bicyclic) bond motifs is 1. The molecule has 0 aliphatic heterocycles. The molecule has 1 amide bonds. The maximum Gasteiger partial charge on any atom is 0.311 e. The zero-order chi connectivity index (χ0) is 12.5. The van der Waals surface area contributed by atoms with Crippen molar-refractivity contribution in [1.29, 1.82) is 0 Å². The maximum absolute atomic E-state index is 11.8. The van der Waals surface area contributed by atoms with E-state index < -0.39 is 0 Å². The number of H-pyrrole nitrogens is 1. The van der Waals surface area contributed by atoms with Gasteiger partial charge in [0, 0.05) is 22.8 Å². The molecule has 0 bridgehead atoms. The highest BCUT2D eigenvalue weighted by molar-refractivity contribution is 6.02. The van der Waals surface area contributed by atoms with Gasteiger partial charge in [-0.25, -0.2) is 4.98 Å². The second-order valence-corrected chi connectivity index (χ2v) is 4.01. The van der Waals surface area contributed by atoms with E-state index >= 15 is 0 Å². The molecule has 0 saturated carbocycles. The van der Waals surface area contributed by atoms with E-state index in [1.807, 2.05) is 30.5 Å². The van der Waals surface area contributed by atoms with Crippen molar-refractivity contribution < 1.29 is 9.21 Å². The van der Waals surface area contributed by atoms with Gasteiger partial charge in [-0.15, -0.1) is 0 Å². The number of aromatic nitrogens is 2. The van der Waals surface area contributed by atoms with Crippen LogP contribution < -0.4 is 5.32 Å². The van der Waals surface area contributed by atoms with Crippen LogP contribution in [0.5, 0.6) is 0 Å². The van der Waals surface area contributed by atoms with Crippen molar-refractivity contribution in [2.24, 2.45) is 0 Å². The lowest BCUT2D eigenvalue weighted by Crippen LogP contribution is -2.11. The van der Waals surface area contributed by atoms with Gasteiger partial charge >= 0.3 is 5.91 Å². The van der Waals surface area contributed by atoms with Gasteiger partial charge in [0.15, 0.2) is 0 Å². The number of carbonyl (C=O) groups excluding carboxylic acids is 1. The Labute approximate surface area is 103 Å². The van der Waals surface area contributed by atoms with E-state index in [0.29, 0.717) is 11.4 Å². The highest BCUT2D eigenvalue weighted by Crippen LogP contribution is 2.18. The molecule has 0 aliphatic carbocycles. The van der Waals surface area contributed by atoms with Crippen molar-refractivity contribution in [3.63, 3.8) is 0 Å². The van der Waals surface area contributed by atoms with E-state index in [0.717, 1.165) is 10.9 Å². The van der Waals surface area contributed by atoms with Crippen molar-refractivity contribution in [2.45, 2.75) is 6.92 Å². The number of carbonyl (C=O) groups is 1. The molecule has 2 aromatic heterocycles. The minimum absolute atomic E-state index is 0.0710. The van der Waals surface area contributed by atoms with Gasteiger partial charge in [0.05, 0.1) is 6.20 Å². The molecule has 5 heteroatoms. The number of anilines is 1. The Morgan fingerprint density at radius 3 is 3.06 bits per heavy atom. The lowest BCUT2D eigenvalue weighted by atomic mass is 10.2. The van der Waals surface area contributed by atoms with Crippen molar-refractivity contribution >= 4 is 22.5 Å². The predicted octanol–water partition coefficient (Wildman–Crippen LogP) is 2.72. The Bertz CT molecular complexity index is 712. The number of nitrogens with one attached hydrogen (secondary N) is 2. The number of rotatable bonds is 2. The standard InChI is InChI=1S/C13H11N3O2/c1-8-7-15-13(18-8)12(17)16-10-2-3-11-9(6-10)4-5-14-11/h2-7,14H,1H3,(H,16,17).